The van der Waals surface area contributed by atoms with Gasteiger partial charge in [-0.05, 0) is 75.5 Å². The molecule has 3 aliphatic carbocycles. The molecule has 2 atom stereocenters. The predicted octanol–water partition coefficient (Wildman–Crippen LogP) is 5.17. The summed E-state index contributed by atoms with van der Waals surface area (Å²) in [7, 11) is 0. The molecule has 0 aliphatic heterocycles. The third-order valence-corrected chi connectivity index (χ3v) is 6.38. The molecule has 2 bridgehead atoms. The molecule has 0 fully saturated rings. The zero-order chi connectivity index (χ0) is 17.5. The van der Waals surface area contributed by atoms with E-state index in [4.69, 9.17) is 0 Å². The van der Waals surface area contributed by atoms with E-state index in [9.17, 15) is 10.2 Å². The van der Waals surface area contributed by atoms with Crippen molar-refractivity contribution in [3.63, 3.8) is 0 Å². The second-order valence-corrected chi connectivity index (χ2v) is 7.68. The lowest BCUT2D eigenvalue weighted by Gasteiger charge is -2.46. The van der Waals surface area contributed by atoms with Crippen LogP contribution in [0.1, 0.15) is 41.0 Å². The van der Waals surface area contributed by atoms with Gasteiger partial charge < -0.3 is 10.2 Å². The second kappa shape index (κ2) is 4.66. The minimum absolute atomic E-state index is 0.280. The normalized spacial score (nSPS) is 23.2. The van der Waals surface area contributed by atoms with Gasteiger partial charge >= 0.3 is 0 Å². The van der Waals surface area contributed by atoms with Crippen molar-refractivity contribution in [1.29, 1.82) is 0 Å². The fraction of sp³-hybridized carbons (Fsp3) is 0.167. The van der Waals surface area contributed by atoms with E-state index >= 15 is 0 Å². The van der Waals surface area contributed by atoms with Crippen molar-refractivity contribution in [2.24, 2.45) is 0 Å². The minimum atomic E-state index is -0.941. The Morgan fingerprint density at radius 3 is 2.23 bits per heavy atom. The highest BCUT2D eigenvalue weighted by Gasteiger charge is 2.47. The Balaban J connectivity index is 1.71. The lowest BCUT2D eigenvalue weighted by molar-refractivity contribution is 0.0483. The molecule has 0 amide bonds. The Labute approximate surface area is 151 Å². The molecule has 2 nitrogen and oxygen atoms in total. The standard InChI is InChI=1S/C24H18O2/c25-23-7-3-6-16-12-22-20(13-18(16)23)17-8-9-24(22,26)21-11-15-5-2-1-4-14(15)10-19(17)21/h1-7,10-13,17,25-26H,8-9H2. The van der Waals surface area contributed by atoms with E-state index in [-0.39, 0.29) is 5.92 Å². The van der Waals surface area contributed by atoms with Gasteiger partial charge in [-0.1, -0.05) is 42.5 Å². The van der Waals surface area contributed by atoms with Crippen LogP contribution in [0.2, 0.25) is 0 Å². The van der Waals surface area contributed by atoms with Gasteiger partial charge in [0.05, 0.1) is 0 Å². The van der Waals surface area contributed by atoms with E-state index in [0.717, 1.165) is 40.3 Å². The first-order valence-corrected chi connectivity index (χ1v) is 9.17. The van der Waals surface area contributed by atoms with Gasteiger partial charge in [-0.2, -0.15) is 0 Å². The maximum absolute atomic E-state index is 11.7. The molecule has 7 rings (SSSR count). The maximum atomic E-state index is 11.7. The maximum Gasteiger partial charge on any atom is 0.123 e. The van der Waals surface area contributed by atoms with Crippen molar-refractivity contribution in [2.75, 3.05) is 0 Å². The van der Waals surface area contributed by atoms with E-state index in [0.29, 0.717) is 5.75 Å². The van der Waals surface area contributed by atoms with Crippen molar-refractivity contribution in [3.05, 3.63) is 89.0 Å². The van der Waals surface area contributed by atoms with Crippen LogP contribution < -0.4 is 0 Å². The van der Waals surface area contributed by atoms with Crippen LogP contribution in [0.15, 0.2) is 66.7 Å². The van der Waals surface area contributed by atoms with Crippen LogP contribution in [-0.2, 0) is 5.60 Å². The van der Waals surface area contributed by atoms with Crippen molar-refractivity contribution >= 4 is 21.5 Å². The zero-order valence-corrected chi connectivity index (χ0v) is 14.2. The lowest BCUT2D eigenvalue weighted by Crippen LogP contribution is -2.40. The third kappa shape index (κ3) is 1.65. The third-order valence-electron chi connectivity index (χ3n) is 6.38. The molecule has 26 heavy (non-hydrogen) atoms. The lowest BCUT2D eigenvalue weighted by atomic mass is 9.60. The summed E-state index contributed by atoms with van der Waals surface area (Å²) >= 11 is 0. The number of rotatable bonds is 0. The highest BCUT2D eigenvalue weighted by atomic mass is 16.3. The summed E-state index contributed by atoms with van der Waals surface area (Å²) in [6.07, 6.45) is 1.69. The summed E-state index contributed by atoms with van der Waals surface area (Å²) in [5.41, 5.74) is 3.52. The van der Waals surface area contributed by atoms with Crippen LogP contribution in [0, 0.1) is 0 Å². The summed E-state index contributed by atoms with van der Waals surface area (Å²) in [6, 6.07) is 22.5. The Morgan fingerprint density at radius 1 is 0.769 bits per heavy atom. The van der Waals surface area contributed by atoms with Crippen LogP contribution >= 0.6 is 0 Å². The molecule has 0 saturated carbocycles. The molecule has 0 heterocycles. The Kier molecular flexibility index (Phi) is 2.57. The molecule has 2 unspecified atom stereocenters. The highest BCUT2D eigenvalue weighted by Crippen LogP contribution is 2.56. The van der Waals surface area contributed by atoms with Gasteiger partial charge in [-0.15, -0.1) is 0 Å². The number of aliphatic hydroxyl groups is 1. The van der Waals surface area contributed by atoms with Crippen molar-refractivity contribution in [1.82, 2.24) is 0 Å². The molecular formula is C24H18O2. The number of fused-ring (bicyclic) bond motifs is 3. The predicted molar refractivity (Wildman–Crippen MR) is 104 cm³/mol. The Bertz CT molecular complexity index is 1220. The van der Waals surface area contributed by atoms with Crippen LogP contribution in [-0.4, -0.2) is 10.2 Å². The molecule has 2 heteroatoms. The van der Waals surface area contributed by atoms with E-state index in [1.54, 1.807) is 6.07 Å². The average molecular weight is 338 g/mol. The number of hydrogen-bond donors (Lipinski definition) is 2. The van der Waals surface area contributed by atoms with E-state index < -0.39 is 5.60 Å². The van der Waals surface area contributed by atoms with Crippen molar-refractivity contribution in [3.8, 4) is 5.75 Å². The minimum Gasteiger partial charge on any atom is -0.507 e. The molecule has 0 aromatic heterocycles. The molecule has 0 saturated heterocycles. The number of hydrogen-bond acceptors (Lipinski definition) is 2. The van der Waals surface area contributed by atoms with Gasteiger partial charge in [0, 0.05) is 11.3 Å². The average Bonchev–Trinajstić information content (AvgIpc) is 2.67. The number of phenolic OH excluding ortho intramolecular Hbond substituents is 1. The van der Waals surface area contributed by atoms with E-state index in [2.05, 4.69) is 42.5 Å². The zero-order valence-electron chi connectivity index (χ0n) is 14.2. The largest absolute Gasteiger partial charge is 0.507 e. The summed E-state index contributed by atoms with van der Waals surface area (Å²) in [5, 5.41) is 26.3. The summed E-state index contributed by atoms with van der Waals surface area (Å²) < 4.78 is 0. The van der Waals surface area contributed by atoms with E-state index in [1.807, 2.05) is 18.2 Å². The summed E-state index contributed by atoms with van der Waals surface area (Å²) in [5.74, 6) is 0.583. The van der Waals surface area contributed by atoms with E-state index in [1.165, 1.54) is 16.3 Å². The molecule has 4 aromatic rings. The summed E-state index contributed by atoms with van der Waals surface area (Å²) in [6.45, 7) is 0. The second-order valence-electron chi connectivity index (χ2n) is 7.68. The highest BCUT2D eigenvalue weighted by molar-refractivity contribution is 5.91. The van der Waals surface area contributed by atoms with Gasteiger partial charge in [0.1, 0.15) is 11.4 Å². The number of aromatic hydroxyl groups is 1. The van der Waals surface area contributed by atoms with Gasteiger partial charge in [0.25, 0.3) is 0 Å². The molecule has 0 spiro atoms. The Hall–Kier alpha value is -2.84. The Morgan fingerprint density at radius 2 is 1.42 bits per heavy atom. The summed E-state index contributed by atoms with van der Waals surface area (Å²) in [4.78, 5) is 0. The first-order valence-electron chi connectivity index (χ1n) is 9.17. The van der Waals surface area contributed by atoms with Crippen molar-refractivity contribution in [2.45, 2.75) is 24.4 Å². The van der Waals surface area contributed by atoms with Crippen LogP contribution in [0.3, 0.4) is 0 Å². The number of benzene rings is 4. The first kappa shape index (κ1) is 14.3. The molecular weight excluding hydrogens is 320 g/mol. The van der Waals surface area contributed by atoms with Crippen molar-refractivity contribution < 1.29 is 10.2 Å². The van der Waals surface area contributed by atoms with Gasteiger partial charge in [0.2, 0.25) is 0 Å². The van der Waals surface area contributed by atoms with Crippen LogP contribution in [0.25, 0.3) is 21.5 Å². The molecule has 0 radical (unpaired) electrons. The van der Waals surface area contributed by atoms with Gasteiger partial charge in [-0.25, -0.2) is 0 Å². The SMILES string of the molecule is Oc1cccc2cc3c(cc12)C1CCC3(O)c2cc3ccccc3cc21. The molecule has 126 valence electrons. The topological polar surface area (TPSA) is 40.5 Å². The smallest absolute Gasteiger partial charge is 0.123 e. The van der Waals surface area contributed by atoms with Crippen LogP contribution in [0.5, 0.6) is 5.75 Å². The van der Waals surface area contributed by atoms with Gasteiger partial charge in [0.15, 0.2) is 0 Å². The number of phenols is 1. The fourth-order valence-corrected chi connectivity index (χ4v) is 5.12. The fourth-order valence-electron chi connectivity index (χ4n) is 5.12. The monoisotopic (exact) mass is 338 g/mol. The quantitative estimate of drug-likeness (QED) is 0.464. The molecule has 3 aliphatic rings. The molecule has 4 aromatic carbocycles. The van der Waals surface area contributed by atoms with Crippen LogP contribution in [0.4, 0.5) is 0 Å². The first-order chi connectivity index (χ1) is 12.6. The molecule has 2 N–H and O–H groups in total. The van der Waals surface area contributed by atoms with Gasteiger partial charge in [-0.3, -0.25) is 0 Å².